The van der Waals surface area contributed by atoms with Gasteiger partial charge in [0, 0.05) is 4.47 Å². The van der Waals surface area contributed by atoms with Gasteiger partial charge in [0.2, 0.25) is 0 Å². The zero-order valence-electron chi connectivity index (χ0n) is 11.3. The maximum Gasteiger partial charge on any atom is 0.335 e. The molecule has 4 heteroatoms. The van der Waals surface area contributed by atoms with Crippen LogP contribution in [0.4, 0.5) is 0 Å². The lowest BCUT2D eigenvalue weighted by atomic mass is 10.1. The minimum atomic E-state index is -0.928. The quantitative estimate of drug-likeness (QED) is 0.904. The van der Waals surface area contributed by atoms with E-state index in [0.717, 1.165) is 26.9 Å². The Balaban J connectivity index is 2.15. The standard InChI is InChI=1S/C16H15BrO3/c1-10-7-15(11(2)6-14(10)17)20-9-12-4-3-5-13(8-12)16(18)19/h3-8H,9H2,1-2H3,(H,18,19). The first-order chi connectivity index (χ1) is 9.47. The number of ether oxygens (including phenoxy) is 1. The molecule has 2 aromatic carbocycles. The largest absolute Gasteiger partial charge is 0.489 e. The molecule has 0 heterocycles. The third-order valence-electron chi connectivity index (χ3n) is 3.02. The number of hydrogen-bond donors (Lipinski definition) is 1. The number of hydrogen-bond acceptors (Lipinski definition) is 2. The molecule has 1 N–H and O–H groups in total. The number of rotatable bonds is 4. The second-order valence-electron chi connectivity index (χ2n) is 4.66. The van der Waals surface area contributed by atoms with E-state index in [1.54, 1.807) is 18.2 Å². The van der Waals surface area contributed by atoms with Crippen LogP contribution < -0.4 is 4.74 Å². The number of carboxylic acid groups (broad SMARTS) is 1. The molecular weight excluding hydrogens is 320 g/mol. The van der Waals surface area contributed by atoms with E-state index in [9.17, 15) is 4.79 Å². The first kappa shape index (κ1) is 14.6. The average Bonchev–Trinajstić information content (AvgIpc) is 2.41. The Morgan fingerprint density at radius 2 is 1.95 bits per heavy atom. The summed E-state index contributed by atoms with van der Waals surface area (Å²) in [7, 11) is 0. The second-order valence-corrected chi connectivity index (χ2v) is 5.52. The summed E-state index contributed by atoms with van der Waals surface area (Å²) in [4.78, 5) is 10.9. The summed E-state index contributed by atoms with van der Waals surface area (Å²) < 4.78 is 6.83. The number of carboxylic acids is 1. The van der Waals surface area contributed by atoms with Gasteiger partial charge in [0.25, 0.3) is 0 Å². The molecule has 0 saturated heterocycles. The molecule has 0 bridgehead atoms. The number of carbonyl (C=O) groups is 1. The van der Waals surface area contributed by atoms with Crippen LogP contribution in [0.3, 0.4) is 0 Å². The monoisotopic (exact) mass is 334 g/mol. The third-order valence-corrected chi connectivity index (χ3v) is 3.88. The van der Waals surface area contributed by atoms with Crippen molar-refractivity contribution < 1.29 is 14.6 Å². The van der Waals surface area contributed by atoms with Crippen molar-refractivity contribution in [2.75, 3.05) is 0 Å². The number of aryl methyl sites for hydroxylation is 2. The first-order valence-electron chi connectivity index (χ1n) is 6.19. The fraction of sp³-hybridized carbons (Fsp3) is 0.188. The molecule has 0 aliphatic heterocycles. The van der Waals surface area contributed by atoms with Crippen LogP contribution in [0.2, 0.25) is 0 Å². The molecule has 0 fully saturated rings. The second kappa shape index (κ2) is 6.09. The lowest BCUT2D eigenvalue weighted by Gasteiger charge is -2.11. The average molecular weight is 335 g/mol. The van der Waals surface area contributed by atoms with E-state index in [-0.39, 0.29) is 5.56 Å². The van der Waals surface area contributed by atoms with Gasteiger partial charge in [0.15, 0.2) is 0 Å². The predicted molar refractivity (Wildman–Crippen MR) is 81.3 cm³/mol. The fourth-order valence-corrected chi connectivity index (χ4v) is 2.32. The summed E-state index contributed by atoms with van der Waals surface area (Å²) in [6.45, 7) is 4.33. The third kappa shape index (κ3) is 3.39. The van der Waals surface area contributed by atoms with Crippen LogP contribution in [-0.2, 0) is 6.61 Å². The maximum absolute atomic E-state index is 10.9. The van der Waals surface area contributed by atoms with E-state index < -0.39 is 5.97 Å². The summed E-state index contributed by atoms with van der Waals surface area (Å²) in [6.07, 6.45) is 0. The van der Waals surface area contributed by atoms with E-state index in [1.165, 1.54) is 0 Å². The topological polar surface area (TPSA) is 46.5 Å². The highest BCUT2D eigenvalue weighted by molar-refractivity contribution is 9.10. The van der Waals surface area contributed by atoms with Crippen molar-refractivity contribution in [2.45, 2.75) is 20.5 Å². The molecule has 2 rings (SSSR count). The van der Waals surface area contributed by atoms with Gasteiger partial charge in [-0.3, -0.25) is 0 Å². The lowest BCUT2D eigenvalue weighted by molar-refractivity contribution is 0.0696. The van der Waals surface area contributed by atoms with E-state index in [0.29, 0.717) is 6.61 Å². The van der Waals surface area contributed by atoms with E-state index in [4.69, 9.17) is 9.84 Å². The normalized spacial score (nSPS) is 10.3. The number of halogens is 1. The van der Waals surface area contributed by atoms with Crippen LogP contribution >= 0.6 is 15.9 Å². The molecule has 0 amide bonds. The van der Waals surface area contributed by atoms with Crippen molar-refractivity contribution in [3.05, 3.63) is 63.1 Å². The molecule has 20 heavy (non-hydrogen) atoms. The van der Waals surface area contributed by atoms with Crippen LogP contribution in [0.15, 0.2) is 40.9 Å². The summed E-state index contributed by atoms with van der Waals surface area (Å²) >= 11 is 3.48. The summed E-state index contributed by atoms with van der Waals surface area (Å²) in [5.41, 5.74) is 3.25. The first-order valence-corrected chi connectivity index (χ1v) is 6.98. The molecule has 0 aromatic heterocycles. The Morgan fingerprint density at radius 3 is 2.65 bits per heavy atom. The maximum atomic E-state index is 10.9. The summed E-state index contributed by atoms with van der Waals surface area (Å²) in [6, 6.07) is 10.8. The van der Waals surface area contributed by atoms with Gasteiger partial charge in [-0.1, -0.05) is 28.1 Å². The molecule has 0 spiro atoms. The van der Waals surface area contributed by atoms with Crippen LogP contribution in [-0.4, -0.2) is 11.1 Å². The lowest BCUT2D eigenvalue weighted by Crippen LogP contribution is -2.01. The van der Waals surface area contributed by atoms with Gasteiger partial charge in [-0.05, 0) is 54.8 Å². The van der Waals surface area contributed by atoms with Gasteiger partial charge < -0.3 is 9.84 Å². The van der Waals surface area contributed by atoms with Gasteiger partial charge >= 0.3 is 5.97 Å². The van der Waals surface area contributed by atoms with Crippen LogP contribution in [0, 0.1) is 13.8 Å². The molecule has 0 aliphatic rings. The molecule has 0 radical (unpaired) electrons. The highest BCUT2D eigenvalue weighted by Gasteiger charge is 2.06. The fourth-order valence-electron chi connectivity index (χ4n) is 1.87. The SMILES string of the molecule is Cc1cc(OCc2cccc(C(=O)O)c2)c(C)cc1Br. The van der Waals surface area contributed by atoms with Crippen molar-refractivity contribution >= 4 is 21.9 Å². The zero-order chi connectivity index (χ0) is 14.7. The zero-order valence-corrected chi connectivity index (χ0v) is 12.9. The van der Waals surface area contributed by atoms with E-state index in [1.807, 2.05) is 32.0 Å². The Labute approximate surface area is 126 Å². The highest BCUT2D eigenvalue weighted by Crippen LogP contribution is 2.27. The molecular formula is C16H15BrO3. The van der Waals surface area contributed by atoms with E-state index in [2.05, 4.69) is 15.9 Å². The summed E-state index contributed by atoms with van der Waals surface area (Å²) in [5, 5.41) is 8.96. The number of benzene rings is 2. The molecule has 0 unspecified atom stereocenters. The molecule has 0 atom stereocenters. The minimum absolute atomic E-state index is 0.273. The Morgan fingerprint density at radius 1 is 1.20 bits per heavy atom. The van der Waals surface area contributed by atoms with Crippen molar-refractivity contribution in [1.29, 1.82) is 0 Å². The molecule has 0 saturated carbocycles. The van der Waals surface area contributed by atoms with Gasteiger partial charge in [0.05, 0.1) is 5.56 Å². The summed E-state index contributed by atoms with van der Waals surface area (Å²) in [5.74, 6) is -0.117. The van der Waals surface area contributed by atoms with Gasteiger partial charge in [-0.15, -0.1) is 0 Å². The van der Waals surface area contributed by atoms with Gasteiger partial charge in [-0.25, -0.2) is 4.79 Å². The van der Waals surface area contributed by atoms with Crippen molar-refractivity contribution in [2.24, 2.45) is 0 Å². The van der Waals surface area contributed by atoms with Gasteiger partial charge in [-0.2, -0.15) is 0 Å². The van der Waals surface area contributed by atoms with Crippen molar-refractivity contribution in [3.63, 3.8) is 0 Å². The van der Waals surface area contributed by atoms with Gasteiger partial charge in [0.1, 0.15) is 12.4 Å². The Kier molecular flexibility index (Phi) is 4.45. The Hall–Kier alpha value is -1.81. The molecule has 104 valence electrons. The smallest absolute Gasteiger partial charge is 0.335 e. The van der Waals surface area contributed by atoms with Crippen molar-refractivity contribution in [3.8, 4) is 5.75 Å². The number of aromatic carboxylic acids is 1. The van der Waals surface area contributed by atoms with Crippen LogP contribution in [0.5, 0.6) is 5.75 Å². The molecule has 0 aliphatic carbocycles. The van der Waals surface area contributed by atoms with Crippen LogP contribution in [0.25, 0.3) is 0 Å². The molecule has 3 nitrogen and oxygen atoms in total. The Bertz CT molecular complexity index is 650. The van der Waals surface area contributed by atoms with Crippen LogP contribution in [0.1, 0.15) is 27.0 Å². The highest BCUT2D eigenvalue weighted by atomic mass is 79.9. The van der Waals surface area contributed by atoms with E-state index >= 15 is 0 Å². The minimum Gasteiger partial charge on any atom is -0.489 e. The predicted octanol–water partition coefficient (Wildman–Crippen LogP) is 4.34. The van der Waals surface area contributed by atoms with Crippen molar-refractivity contribution in [1.82, 2.24) is 0 Å². The molecule has 2 aromatic rings.